The molecule has 1 N–H and O–H groups in total. The van der Waals surface area contributed by atoms with Crippen LogP contribution < -0.4 is 5.32 Å². The Morgan fingerprint density at radius 2 is 1.83 bits per heavy atom. The standard InChI is InChI=1S/C16H23F3N2.2ClH/c1-2-3-7-15(21-10-8-20-9-11-21)13-5-4-6-14(12-13)16(17,18)19;;/h4-6,12,15,20H,2-3,7-11H2,1H3;2*1H/t15-;;/m1../s1. The molecule has 7 heteroatoms. The van der Waals surface area contributed by atoms with Gasteiger partial charge in [0.25, 0.3) is 0 Å². The van der Waals surface area contributed by atoms with Crippen molar-refractivity contribution >= 4 is 24.8 Å². The number of unbranched alkanes of at least 4 members (excludes halogenated alkanes) is 1. The first-order valence-electron chi connectivity index (χ1n) is 7.64. The number of benzene rings is 1. The Labute approximate surface area is 148 Å². The van der Waals surface area contributed by atoms with Crippen molar-refractivity contribution in [1.29, 1.82) is 0 Å². The van der Waals surface area contributed by atoms with Gasteiger partial charge in [0.15, 0.2) is 0 Å². The van der Waals surface area contributed by atoms with E-state index in [1.54, 1.807) is 0 Å². The van der Waals surface area contributed by atoms with Crippen molar-refractivity contribution in [2.24, 2.45) is 0 Å². The number of alkyl halides is 3. The van der Waals surface area contributed by atoms with Crippen molar-refractivity contribution in [3.8, 4) is 0 Å². The second-order valence-electron chi connectivity index (χ2n) is 5.57. The Balaban J connectivity index is 0.00000242. The molecule has 2 rings (SSSR count). The maximum atomic E-state index is 12.9. The van der Waals surface area contributed by atoms with Gasteiger partial charge in [0.1, 0.15) is 0 Å². The van der Waals surface area contributed by atoms with Gasteiger partial charge in [0.05, 0.1) is 5.56 Å². The van der Waals surface area contributed by atoms with Crippen LogP contribution in [0.3, 0.4) is 0 Å². The van der Waals surface area contributed by atoms with Gasteiger partial charge in [-0.3, -0.25) is 4.90 Å². The van der Waals surface area contributed by atoms with Crippen molar-refractivity contribution in [1.82, 2.24) is 10.2 Å². The van der Waals surface area contributed by atoms with Gasteiger partial charge in [-0.1, -0.05) is 31.9 Å². The van der Waals surface area contributed by atoms with Crippen molar-refractivity contribution < 1.29 is 13.2 Å². The van der Waals surface area contributed by atoms with Gasteiger partial charge < -0.3 is 5.32 Å². The highest BCUT2D eigenvalue weighted by Gasteiger charge is 2.31. The fraction of sp³-hybridized carbons (Fsp3) is 0.625. The minimum Gasteiger partial charge on any atom is -0.314 e. The van der Waals surface area contributed by atoms with E-state index in [0.717, 1.165) is 57.1 Å². The number of hydrogen-bond acceptors (Lipinski definition) is 2. The van der Waals surface area contributed by atoms with Gasteiger partial charge in [-0.25, -0.2) is 0 Å². The Bertz CT molecular complexity index is 449. The van der Waals surface area contributed by atoms with E-state index in [1.807, 2.05) is 6.07 Å². The number of nitrogens with one attached hydrogen (secondary N) is 1. The molecule has 1 atom stereocenters. The zero-order valence-corrected chi connectivity index (χ0v) is 14.9. The summed E-state index contributed by atoms with van der Waals surface area (Å²) in [6.07, 6.45) is -1.26. The molecule has 0 spiro atoms. The molecule has 1 aliphatic rings. The molecular formula is C16H25Cl2F3N2. The fourth-order valence-electron chi connectivity index (χ4n) is 2.87. The fourth-order valence-corrected chi connectivity index (χ4v) is 2.87. The molecule has 0 amide bonds. The van der Waals surface area contributed by atoms with Gasteiger partial charge in [-0.15, -0.1) is 24.8 Å². The maximum absolute atomic E-state index is 12.9. The SMILES string of the molecule is CCCC[C@H](c1cccc(C(F)(F)F)c1)N1CCNCC1.Cl.Cl. The molecule has 0 aromatic heterocycles. The molecule has 0 aliphatic carbocycles. The topological polar surface area (TPSA) is 15.3 Å². The highest BCUT2D eigenvalue weighted by molar-refractivity contribution is 5.85. The van der Waals surface area contributed by atoms with Crippen LogP contribution in [0.4, 0.5) is 13.2 Å². The average molecular weight is 373 g/mol. The van der Waals surface area contributed by atoms with E-state index in [0.29, 0.717) is 0 Å². The van der Waals surface area contributed by atoms with E-state index >= 15 is 0 Å². The molecule has 1 aromatic carbocycles. The smallest absolute Gasteiger partial charge is 0.314 e. The van der Waals surface area contributed by atoms with Gasteiger partial charge >= 0.3 is 6.18 Å². The van der Waals surface area contributed by atoms with Crippen LogP contribution >= 0.6 is 24.8 Å². The molecule has 0 unspecified atom stereocenters. The molecule has 23 heavy (non-hydrogen) atoms. The lowest BCUT2D eigenvalue weighted by atomic mass is 9.97. The summed E-state index contributed by atoms with van der Waals surface area (Å²) in [6, 6.07) is 5.92. The first kappa shape index (κ1) is 22.5. The van der Waals surface area contributed by atoms with Crippen LogP contribution in [0.5, 0.6) is 0 Å². The summed E-state index contributed by atoms with van der Waals surface area (Å²) in [5.74, 6) is 0. The third kappa shape index (κ3) is 6.49. The Morgan fingerprint density at radius 3 is 2.39 bits per heavy atom. The zero-order chi connectivity index (χ0) is 15.3. The molecule has 0 radical (unpaired) electrons. The summed E-state index contributed by atoms with van der Waals surface area (Å²) in [5.41, 5.74) is 0.247. The van der Waals surface area contributed by atoms with E-state index in [-0.39, 0.29) is 30.9 Å². The zero-order valence-electron chi connectivity index (χ0n) is 13.2. The van der Waals surface area contributed by atoms with E-state index in [4.69, 9.17) is 0 Å². The quantitative estimate of drug-likeness (QED) is 0.806. The predicted molar refractivity (Wildman–Crippen MR) is 92.6 cm³/mol. The third-order valence-corrected chi connectivity index (χ3v) is 4.02. The molecule has 0 bridgehead atoms. The summed E-state index contributed by atoms with van der Waals surface area (Å²) >= 11 is 0. The lowest BCUT2D eigenvalue weighted by Gasteiger charge is -2.35. The van der Waals surface area contributed by atoms with Crippen LogP contribution in [-0.4, -0.2) is 31.1 Å². The number of hydrogen-bond donors (Lipinski definition) is 1. The van der Waals surface area contributed by atoms with Crippen molar-refractivity contribution in [2.75, 3.05) is 26.2 Å². The van der Waals surface area contributed by atoms with Crippen LogP contribution in [-0.2, 0) is 6.18 Å². The maximum Gasteiger partial charge on any atom is 0.416 e. The first-order valence-corrected chi connectivity index (χ1v) is 7.64. The summed E-state index contributed by atoms with van der Waals surface area (Å²) < 4.78 is 38.7. The lowest BCUT2D eigenvalue weighted by molar-refractivity contribution is -0.137. The van der Waals surface area contributed by atoms with Crippen LogP contribution in [0.2, 0.25) is 0 Å². The predicted octanol–water partition coefficient (Wildman–Crippen LogP) is 4.69. The van der Waals surface area contributed by atoms with E-state index in [2.05, 4.69) is 17.1 Å². The van der Waals surface area contributed by atoms with Gasteiger partial charge in [-0.2, -0.15) is 13.2 Å². The van der Waals surface area contributed by atoms with Gasteiger partial charge in [0, 0.05) is 32.2 Å². The minimum atomic E-state index is -4.27. The molecule has 134 valence electrons. The summed E-state index contributed by atoms with van der Waals surface area (Å²) in [5, 5.41) is 3.29. The molecule has 1 aromatic rings. The number of piperazine rings is 1. The Kier molecular flexibility index (Phi) is 10.2. The molecule has 1 saturated heterocycles. The second-order valence-corrected chi connectivity index (χ2v) is 5.57. The molecule has 1 fully saturated rings. The first-order chi connectivity index (χ1) is 10.0. The average Bonchev–Trinajstić information content (AvgIpc) is 2.48. The minimum absolute atomic E-state index is 0. The van der Waals surface area contributed by atoms with Crippen molar-refractivity contribution in [2.45, 2.75) is 38.4 Å². The summed E-state index contributed by atoms with van der Waals surface area (Å²) in [7, 11) is 0. The van der Waals surface area contributed by atoms with Crippen molar-refractivity contribution in [3.63, 3.8) is 0 Å². The van der Waals surface area contributed by atoms with Gasteiger partial charge in [0.2, 0.25) is 0 Å². The number of nitrogens with zero attached hydrogens (tertiary/aromatic N) is 1. The molecular weight excluding hydrogens is 348 g/mol. The molecule has 2 nitrogen and oxygen atoms in total. The largest absolute Gasteiger partial charge is 0.416 e. The normalized spacial score (nSPS) is 17.0. The van der Waals surface area contributed by atoms with Crippen LogP contribution in [0.1, 0.15) is 43.4 Å². The molecule has 1 aliphatic heterocycles. The van der Waals surface area contributed by atoms with E-state index in [9.17, 15) is 13.2 Å². The van der Waals surface area contributed by atoms with Crippen LogP contribution in [0.25, 0.3) is 0 Å². The summed E-state index contributed by atoms with van der Waals surface area (Å²) in [6.45, 7) is 5.71. The molecule has 0 saturated carbocycles. The van der Waals surface area contributed by atoms with E-state index in [1.165, 1.54) is 12.1 Å². The highest BCUT2D eigenvalue weighted by atomic mass is 35.5. The van der Waals surface area contributed by atoms with Crippen molar-refractivity contribution in [3.05, 3.63) is 35.4 Å². The van der Waals surface area contributed by atoms with Gasteiger partial charge in [-0.05, 0) is 24.1 Å². The van der Waals surface area contributed by atoms with E-state index < -0.39 is 11.7 Å². The van der Waals surface area contributed by atoms with Crippen LogP contribution in [0.15, 0.2) is 24.3 Å². The number of rotatable bonds is 5. The Hall–Kier alpha value is -0.490. The summed E-state index contributed by atoms with van der Waals surface area (Å²) in [4.78, 5) is 2.31. The molecule has 1 heterocycles. The Morgan fingerprint density at radius 1 is 1.17 bits per heavy atom. The third-order valence-electron chi connectivity index (χ3n) is 4.02. The van der Waals surface area contributed by atoms with Crippen LogP contribution in [0, 0.1) is 0 Å². The highest BCUT2D eigenvalue weighted by Crippen LogP contribution is 2.33. The second kappa shape index (κ2) is 10.4. The lowest BCUT2D eigenvalue weighted by Crippen LogP contribution is -2.45. The monoisotopic (exact) mass is 372 g/mol. The number of halogens is 5.